The lowest BCUT2D eigenvalue weighted by Gasteiger charge is -2.26. The van der Waals surface area contributed by atoms with E-state index in [2.05, 4.69) is 145 Å². The fourth-order valence-electron chi connectivity index (χ4n) is 3.92. The van der Waals surface area contributed by atoms with E-state index in [-0.39, 0.29) is 21.7 Å². The largest absolute Gasteiger partial charge is 0.359 e. The van der Waals surface area contributed by atoms with Gasteiger partial charge in [0.15, 0.2) is 0 Å². The first-order chi connectivity index (χ1) is 15.7. The zero-order valence-corrected chi connectivity index (χ0v) is 25.0. The van der Waals surface area contributed by atoms with Gasteiger partial charge in [0.05, 0.1) is 5.69 Å². The summed E-state index contributed by atoms with van der Waals surface area (Å²) in [6.07, 6.45) is 2.14. The van der Waals surface area contributed by atoms with Gasteiger partial charge in [-0.25, -0.2) is 0 Å². The minimum absolute atomic E-state index is 0.0789. The fraction of sp³-hybridized carbons (Fsp3) is 0.545. The number of allylic oxidation sites excluding steroid dienone is 2. The van der Waals surface area contributed by atoms with Crippen molar-refractivity contribution in [3.63, 3.8) is 0 Å². The van der Waals surface area contributed by atoms with E-state index in [9.17, 15) is 0 Å². The lowest BCUT2D eigenvalue weighted by atomic mass is 9.80. The number of hydrogen-bond acceptors (Lipinski definition) is 2. The van der Waals surface area contributed by atoms with Crippen molar-refractivity contribution in [2.24, 2.45) is 4.99 Å². The molecule has 2 nitrogen and oxygen atoms in total. The molecule has 0 aliphatic rings. The van der Waals surface area contributed by atoms with E-state index in [0.717, 1.165) is 22.8 Å². The van der Waals surface area contributed by atoms with E-state index in [1.165, 1.54) is 22.3 Å². The Morgan fingerprint density at radius 3 is 1.26 bits per heavy atom. The number of nitrogens with zero attached hydrogens (tertiary/aromatic N) is 1. The van der Waals surface area contributed by atoms with E-state index < -0.39 is 0 Å². The SMILES string of the molecule is CC(/C=C(\C)Nc1cc(C(C)(C)C)cc(C(C)(C)C)c1)=Nc1cc(C(C)(C)C)cc(C(C)(C)C)c1. The highest BCUT2D eigenvalue weighted by molar-refractivity contribution is 5.95. The van der Waals surface area contributed by atoms with E-state index in [1.807, 2.05) is 0 Å². The first kappa shape index (κ1) is 28.9. The van der Waals surface area contributed by atoms with Crippen LogP contribution in [-0.2, 0) is 21.7 Å². The van der Waals surface area contributed by atoms with Crippen molar-refractivity contribution < 1.29 is 0 Å². The molecule has 0 heterocycles. The van der Waals surface area contributed by atoms with E-state index in [4.69, 9.17) is 4.99 Å². The second kappa shape index (κ2) is 9.96. The molecule has 2 heteroatoms. The molecule has 0 aliphatic carbocycles. The van der Waals surface area contributed by atoms with Crippen molar-refractivity contribution in [2.45, 2.75) is 119 Å². The summed E-state index contributed by atoms with van der Waals surface area (Å²) in [6, 6.07) is 13.7. The molecule has 192 valence electrons. The molecular weight excluding hydrogens is 424 g/mol. The molecule has 0 radical (unpaired) electrons. The summed E-state index contributed by atoms with van der Waals surface area (Å²) in [5, 5.41) is 3.64. The third-order valence-electron chi connectivity index (χ3n) is 6.39. The van der Waals surface area contributed by atoms with E-state index >= 15 is 0 Å². The third kappa shape index (κ3) is 8.37. The average Bonchev–Trinajstić information content (AvgIpc) is 2.64. The number of nitrogens with one attached hydrogen (secondary N) is 1. The zero-order valence-electron chi connectivity index (χ0n) is 25.0. The second-order valence-electron chi connectivity index (χ2n) is 14.3. The first-order valence-electron chi connectivity index (χ1n) is 13.0. The summed E-state index contributed by atoms with van der Waals surface area (Å²) in [4.78, 5) is 5.00. The Hall–Kier alpha value is -2.35. The first-order valence-corrected chi connectivity index (χ1v) is 13.0. The van der Waals surface area contributed by atoms with Gasteiger partial charge in [-0.05, 0) is 88.1 Å². The van der Waals surface area contributed by atoms with Crippen LogP contribution in [0.5, 0.6) is 0 Å². The van der Waals surface area contributed by atoms with Gasteiger partial charge < -0.3 is 5.32 Å². The highest BCUT2D eigenvalue weighted by Gasteiger charge is 2.22. The lowest BCUT2D eigenvalue weighted by Crippen LogP contribution is -2.17. The summed E-state index contributed by atoms with van der Waals surface area (Å²) >= 11 is 0. The van der Waals surface area contributed by atoms with Crippen LogP contribution in [0.25, 0.3) is 0 Å². The Balaban J connectivity index is 2.44. The molecule has 0 unspecified atom stereocenters. The van der Waals surface area contributed by atoms with Crippen LogP contribution in [0.3, 0.4) is 0 Å². The van der Waals surface area contributed by atoms with Crippen molar-refractivity contribution in [3.8, 4) is 0 Å². The Morgan fingerprint density at radius 1 is 0.571 bits per heavy atom. The maximum absolute atomic E-state index is 5.00. The van der Waals surface area contributed by atoms with Crippen LogP contribution in [0.2, 0.25) is 0 Å². The number of benzene rings is 2. The van der Waals surface area contributed by atoms with Crippen LogP contribution in [-0.4, -0.2) is 5.71 Å². The lowest BCUT2D eigenvalue weighted by molar-refractivity contribution is 0.568. The highest BCUT2D eigenvalue weighted by Crippen LogP contribution is 2.34. The Labute approximate surface area is 216 Å². The average molecular weight is 475 g/mol. The predicted octanol–water partition coefficient (Wildman–Crippen LogP) is 9.98. The molecule has 2 aromatic carbocycles. The molecule has 0 aliphatic heterocycles. The molecule has 0 spiro atoms. The molecule has 0 atom stereocenters. The quantitative estimate of drug-likeness (QED) is 0.438. The van der Waals surface area contributed by atoms with Gasteiger partial charge in [-0.15, -0.1) is 0 Å². The number of aliphatic imine (C=N–C) groups is 1. The van der Waals surface area contributed by atoms with Crippen molar-refractivity contribution in [1.82, 2.24) is 0 Å². The summed E-state index contributed by atoms with van der Waals surface area (Å²) in [7, 11) is 0. The normalized spacial score (nSPS) is 14.3. The fourth-order valence-corrected chi connectivity index (χ4v) is 3.92. The molecule has 2 rings (SSSR count). The maximum Gasteiger partial charge on any atom is 0.0638 e. The van der Waals surface area contributed by atoms with Crippen LogP contribution in [0.4, 0.5) is 11.4 Å². The van der Waals surface area contributed by atoms with Gasteiger partial charge in [0.25, 0.3) is 0 Å². The molecule has 0 amide bonds. The summed E-state index contributed by atoms with van der Waals surface area (Å²) in [5.74, 6) is 0. The highest BCUT2D eigenvalue weighted by atomic mass is 14.9. The Kier molecular flexibility index (Phi) is 8.22. The monoisotopic (exact) mass is 474 g/mol. The van der Waals surface area contributed by atoms with Crippen molar-refractivity contribution in [3.05, 3.63) is 70.4 Å². The third-order valence-corrected chi connectivity index (χ3v) is 6.39. The number of rotatable bonds is 4. The predicted molar refractivity (Wildman–Crippen MR) is 158 cm³/mol. The van der Waals surface area contributed by atoms with Gasteiger partial charge in [0, 0.05) is 17.1 Å². The van der Waals surface area contributed by atoms with E-state index in [0.29, 0.717) is 0 Å². The minimum atomic E-state index is 0.0789. The zero-order chi connectivity index (χ0) is 27.0. The van der Waals surface area contributed by atoms with Crippen LogP contribution in [0.1, 0.15) is 119 Å². The Bertz CT molecular complexity index is 1040. The molecule has 0 aromatic heterocycles. The number of hydrogen-bond donors (Lipinski definition) is 1. The van der Waals surface area contributed by atoms with Crippen LogP contribution >= 0.6 is 0 Å². The van der Waals surface area contributed by atoms with Crippen molar-refractivity contribution in [2.75, 3.05) is 5.32 Å². The topological polar surface area (TPSA) is 24.4 Å². The van der Waals surface area contributed by atoms with Crippen LogP contribution < -0.4 is 5.32 Å². The van der Waals surface area contributed by atoms with Gasteiger partial charge in [0.2, 0.25) is 0 Å². The standard InChI is InChI=1S/C33H50N2/c1-22(34-28-18-24(30(3,4)5)16-25(19-28)31(6,7)8)15-23(2)35-29-20-26(32(9,10)11)17-27(21-29)33(12,13)14/h15-21,34H,1-14H3/b22-15+,35-23?. The van der Waals surface area contributed by atoms with Gasteiger partial charge in [0.1, 0.15) is 0 Å². The summed E-state index contributed by atoms with van der Waals surface area (Å²) in [6.45, 7) is 31.4. The molecule has 1 N–H and O–H groups in total. The minimum Gasteiger partial charge on any atom is -0.359 e. The van der Waals surface area contributed by atoms with Gasteiger partial charge in [-0.3, -0.25) is 4.99 Å². The van der Waals surface area contributed by atoms with Crippen LogP contribution in [0, 0.1) is 0 Å². The maximum atomic E-state index is 5.00. The Morgan fingerprint density at radius 2 is 0.914 bits per heavy atom. The van der Waals surface area contributed by atoms with E-state index in [1.54, 1.807) is 0 Å². The van der Waals surface area contributed by atoms with Crippen molar-refractivity contribution in [1.29, 1.82) is 0 Å². The molecule has 0 fully saturated rings. The smallest absolute Gasteiger partial charge is 0.0638 e. The molecule has 35 heavy (non-hydrogen) atoms. The molecular formula is C33H50N2. The molecule has 2 aromatic rings. The van der Waals surface area contributed by atoms with Crippen molar-refractivity contribution >= 4 is 17.1 Å². The second-order valence-corrected chi connectivity index (χ2v) is 14.3. The van der Waals surface area contributed by atoms with Gasteiger partial charge in [-0.2, -0.15) is 0 Å². The number of anilines is 1. The summed E-state index contributed by atoms with van der Waals surface area (Å²) in [5.41, 5.74) is 9.91. The molecule has 0 bridgehead atoms. The molecule has 0 saturated carbocycles. The van der Waals surface area contributed by atoms with Gasteiger partial charge >= 0.3 is 0 Å². The summed E-state index contributed by atoms with van der Waals surface area (Å²) < 4.78 is 0. The van der Waals surface area contributed by atoms with Gasteiger partial charge in [-0.1, -0.05) is 95.2 Å². The van der Waals surface area contributed by atoms with Crippen LogP contribution in [0.15, 0.2) is 53.2 Å². The molecule has 0 saturated heterocycles.